The third-order valence-electron chi connectivity index (χ3n) is 3.86. The van der Waals surface area contributed by atoms with E-state index in [1.807, 2.05) is 12.1 Å². The van der Waals surface area contributed by atoms with Gasteiger partial charge in [0.15, 0.2) is 0 Å². The molecule has 1 aromatic rings. The van der Waals surface area contributed by atoms with E-state index in [-0.39, 0.29) is 6.04 Å². The zero-order valence-corrected chi connectivity index (χ0v) is 12.6. The summed E-state index contributed by atoms with van der Waals surface area (Å²) in [6, 6.07) is 6.26. The second-order valence-electron chi connectivity index (χ2n) is 5.18. The minimum Gasteiger partial charge on any atom is -0.497 e. The maximum Gasteiger partial charge on any atom is 0.123 e. The summed E-state index contributed by atoms with van der Waals surface area (Å²) in [4.78, 5) is 0. The number of nitrogens with one attached hydrogen (secondary N) is 1. The zero-order valence-electron chi connectivity index (χ0n) is 12.6. The van der Waals surface area contributed by atoms with Crippen LogP contribution < -0.4 is 14.8 Å². The van der Waals surface area contributed by atoms with E-state index in [9.17, 15) is 0 Å². The normalized spacial score (nSPS) is 19.9. The molecule has 0 spiro atoms. The van der Waals surface area contributed by atoms with E-state index >= 15 is 0 Å². The molecule has 0 radical (unpaired) electrons. The lowest BCUT2D eigenvalue weighted by atomic mass is 9.93. The van der Waals surface area contributed by atoms with Gasteiger partial charge in [-0.15, -0.1) is 0 Å². The quantitative estimate of drug-likeness (QED) is 0.833. The second kappa shape index (κ2) is 7.50. The largest absolute Gasteiger partial charge is 0.497 e. The number of rotatable bonds is 7. The Morgan fingerprint density at radius 2 is 2.20 bits per heavy atom. The minimum atomic E-state index is 0.275. The Hall–Kier alpha value is -1.26. The van der Waals surface area contributed by atoms with Gasteiger partial charge in [-0.1, -0.05) is 6.92 Å². The molecule has 1 aliphatic heterocycles. The summed E-state index contributed by atoms with van der Waals surface area (Å²) in [5.41, 5.74) is 1.17. The van der Waals surface area contributed by atoms with Crippen LogP contribution in [0, 0.1) is 5.92 Å². The topological polar surface area (TPSA) is 39.7 Å². The van der Waals surface area contributed by atoms with Crippen molar-refractivity contribution < 1.29 is 14.2 Å². The molecule has 0 aromatic heterocycles. The molecule has 1 aliphatic rings. The molecule has 2 atom stereocenters. The molecule has 4 nitrogen and oxygen atoms in total. The zero-order chi connectivity index (χ0) is 14.4. The summed E-state index contributed by atoms with van der Waals surface area (Å²) >= 11 is 0. The van der Waals surface area contributed by atoms with Crippen LogP contribution >= 0.6 is 0 Å². The molecule has 0 bridgehead atoms. The Labute approximate surface area is 121 Å². The molecule has 2 unspecified atom stereocenters. The van der Waals surface area contributed by atoms with Crippen molar-refractivity contribution in [1.82, 2.24) is 5.32 Å². The monoisotopic (exact) mass is 279 g/mol. The molecule has 4 heteroatoms. The van der Waals surface area contributed by atoms with E-state index in [0.29, 0.717) is 5.92 Å². The van der Waals surface area contributed by atoms with Gasteiger partial charge in [-0.2, -0.15) is 0 Å². The molecule has 0 aliphatic carbocycles. The number of benzene rings is 1. The van der Waals surface area contributed by atoms with Crippen LogP contribution in [0.15, 0.2) is 18.2 Å². The highest BCUT2D eigenvalue weighted by molar-refractivity contribution is 5.42. The van der Waals surface area contributed by atoms with Gasteiger partial charge >= 0.3 is 0 Å². The van der Waals surface area contributed by atoms with Gasteiger partial charge in [-0.25, -0.2) is 0 Å². The second-order valence-corrected chi connectivity index (χ2v) is 5.18. The van der Waals surface area contributed by atoms with Gasteiger partial charge in [0.05, 0.1) is 14.2 Å². The Balaban J connectivity index is 2.21. The summed E-state index contributed by atoms with van der Waals surface area (Å²) < 4.78 is 16.3. The van der Waals surface area contributed by atoms with Gasteiger partial charge in [-0.05, 0) is 43.5 Å². The molecule has 112 valence electrons. The fraction of sp³-hybridized carbons (Fsp3) is 0.625. The SMILES string of the molecule is CCNC(CC1CCOC1)c1cc(OC)ccc1OC. The molecule has 1 fully saturated rings. The first kappa shape index (κ1) is 15.1. The molecule has 20 heavy (non-hydrogen) atoms. The fourth-order valence-electron chi connectivity index (χ4n) is 2.78. The van der Waals surface area contributed by atoms with Crippen molar-refractivity contribution in [1.29, 1.82) is 0 Å². The molecular formula is C16H25NO3. The number of methoxy groups -OCH3 is 2. The van der Waals surface area contributed by atoms with Crippen molar-refractivity contribution in [2.45, 2.75) is 25.8 Å². The summed E-state index contributed by atoms with van der Waals surface area (Å²) in [5, 5.41) is 3.56. The first-order chi connectivity index (χ1) is 9.78. The van der Waals surface area contributed by atoms with E-state index in [1.54, 1.807) is 14.2 Å². The van der Waals surface area contributed by atoms with Gasteiger partial charge < -0.3 is 19.5 Å². The molecule has 2 rings (SSSR count). The first-order valence-corrected chi connectivity index (χ1v) is 7.31. The van der Waals surface area contributed by atoms with Crippen LogP contribution in [0.4, 0.5) is 0 Å². The maximum atomic E-state index is 5.51. The summed E-state index contributed by atoms with van der Waals surface area (Å²) in [7, 11) is 3.41. The Kier molecular flexibility index (Phi) is 5.68. The third kappa shape index (κ3) is 3.64. The third-order valence-corrected chi connectivity index (χ3v) is 3.86. The molecule has 1 heterocycles. The predicted molar refractivity (Wildman–Crippen MR) is 79.5 cm³/mol. The van der Waals surface area contributed by atoms with Crippen molar-refractivity contribution in [3.63, 3.8) is 0 Å². The maximum absolute atomic E-state index is 5.51. The van der Waals surface area contributed by atoms with Crippen molar-refractivity contribution in [3.05, 3.63) is 23.8 Å². The van der Waals surface area contributed by atoms with Gasteiger partial charge in [0.2, 0.25) is 0 Å². The van der Waals surface area contributed by atoms with E-state index < -0.39 is 0 Å². The highest BCUT2D eigenvalue weighted by atomic mass is 16.5. The minimum absolute atomic E-state index is 0.275. The molecule has 0 saturated carbocycles. The van der Waals surface area contributed by atoms with Crippen molar-refractivity contribution >= 4 is 0 Å². The van der Waals surface area contributed by atoms with E-state index in [1.165, 1.54) is 5.56 Å². The van der Waals surface area contributed by atoms with E-state index in [0.717, 1.165) is 44.1 Å². The molecule has 0 amide bonds. The van der Waals surface area contributed by atoms with Crippen molar-refractivity contribution in [2.24, 2.45) is 5.92 Å². The molecule has 1 N–H and O–H groups in total. The van der Waals surface area contributed by atoms with Crippen LogP contribution in [0.25, 0.3) is 0 Å². The van der Waals surface area contributed by atoms with Crippen LogP contribution in [-0.4, -0.2) is 34.0 Å². The first-order valence-electron chi connectivity index (χ1n) is 7.31. The lowest BCUT2D eigenvalue weighted by Gasteiger charge is -2.23. The molecular weight excluding hydrogens is 254 g/mol. The smallest absolute Gasteiger partial charge is 0.123 e. The number of hydrogen-bond donors (Lipinski definition) is 1. The molecule has 1 aromatic carbocycles. The Bertz CT molecular complexity index is 416. The highest BCUT2D eigenvalue weighted by Gasteiger charge is 2.23. The van der Waals surface area contributed by atoms with Crippen molar-refractivity contribution in [2.75, 3.05) is 34.0 Å². The van der Waals surface area contributed by atoms with E-state index in [2.05, 4.69) is 18.3 Å². The predicted octanol–water partition coefficient (Wildman–Crippen LogP) is 2.78. The van der Waals surface area contributed by atoms with Crippen LogP contribution in [-0.2, 0) is 4.74 Å². The van der Waals surface area contributed by atoms with Crippen molar-refractivity contribution in [3.8, 4) is 11.5 Å². The van der Waals surface area contributed by atoms with Gasteiger partial charge in [0.25, 0.3) is 0 Å². The lowest BCUT2D eigenvalue weighted by Crippen LogP contribution is -2.24. The fourth-order valence-corrected chi connectivity index (χ4v) is 2.78. The van der Waals surface area contributed by atoms with Crippen LogP contribution in [0.5, 0.6) is 11.5 Å². The van der Waals surface area contributed by atoms with Gasteiger partial charge in [0.1, 0.15) is 11.5 Å². The lowest BCUT2D eigenvalue weighted by molar-refractivity contribution is 0.181. The average Bonchev–Trinajstić information content (AvgIpc) is 2.99. The summed E-state index contributed by atoms with van der Waals surface area (Å²) in [5.74, 6) is 2.40. The standard InChI is InChI=1S/C16H25NO3/c1-4-17-15(9-12-7-8-20-11-12)14-10-13(18-2)5-6-16(14)19-3/h5-6,10,12,15,17H,4,7-9,11H2,1-3H3. The Morgan fingerprint density at radius 3 is 2.80 bits per heavy atom. The number of ether oxygens (including phenoxy) is 3. The van der Waals surface area contributed by atoms with Gasteiger partial charge in [-0.3, -0.25) is 0 Å². The highest BCUT2D eigenvalue weighted by Crippen LogP contribution is 2.34. The summed E-state index contributed by atoms with van der Waals surface area (Å²) in [6.45, 7) is 4.82. The number of hydrogen-bond acceptors (Lipinski definition) is 4. The van der Waals surface area contributed by atoms with Crippen LogP contribution in [0.1, 0.15) is 31.4 Å². The van der Waals surface area contributed by atoms with E-state index in [4.69, 9.17) is 14.2 Å². The van der Waals surface area contributed by atoms with Gasteiger partial charge in [0, 0.05) is 24.8 Å². The average molecular weight is 279 g/mol. The van der Waals surface area contributed by atoms with Crippen LogP contribution in [0.3, 0.4) is 0 Å². The van der Waals surface area contributed by atoms with Crippen LogP contribution in [0.2, 0.25) is 0 Å². The Morgan fingerprint density at radius 1 is 1.35 bits per heavy atom. The summed E-state index contributed by atoms with van der Waals surface area (Å²) in [6.07, 6.45) is 2.21. The molecule has 1 saturated heterocycles.